The van der Waals surface area contributed by atoms with Gasteiger partial charge in [0.25, 0.3) is 0 Å². The molecule has 3 nitrogen and oxygen atoms in total. The van der Waals surface area contributed by atoms with Crippen LogP contribution in [0.25, 0.3) is 0 Å². The molecule has 1 heterocycles. The fourth-order valence-electron chi connectivity index (χ4n) is 5.41. The number of hydrogen-bond acceptors (Lipinski definition) is 3. The lowest BCUT2D eigenvalue weighted by atomic mass is 9.76. The van der Waals surface area contributed by atoms with Crippen molar-refractivity contribution < 1.29 is 4.74 Å². The topological polar surface area (TPSA) is 33.6 Å². The Morgan fingerprint density at radius 3 is 2.62 bits per heavy atom. The van der Waals surface area contributed by atoms with Gasteiger partial charge < -0.3 is 10.1 Å². The molecule has 4 heteroatoms. The number of allylic oxidation sites excluding steroid dienone is 2. The molecule has 0 aromatic heterocycles. The Morgan fingerprint density at radius 2 is 1.81 bits per heavy atom. The van der Waals surface area contributed by atoms with Gasteiger partial charge in [-0.15, -0.1) is 0 Å². The van der Waals surface area contributed by atoms with Gasteiger partial charge >= 0.3 is 0 Å². The number of fused-ring (bicyclic) bond motifs is 3. The molecule has 0 spiro atoms. The summed E-state index contributed by atoms with van der Waals surface area (Å²) in [6, 6.07) is 31.4. The Hall–Kier alpha value is -3.82. The number of ether oxygens (including phenoxy) is 1. The summed E-state index contributed by atoms with van der Waals surface area (Å²) >= 11 is 6.47. The summed E-state index contributed by atoms with van der Waals surface area (Å²) in [5, 5.41) is 4.39. The molecule has 1 N–H and O–H groups in total. The second kappa shape index (κ2) is 10.3. The van der Waals surface area contributed by atoms with E-state index in [1.807, 2.05) is 54.7 Å². The highest BCUT2D eigenvalue weighted by molar-refractivity contribution is 6.32. The number of hydrogen-bond donors (Lipinski definition) is 1. The molecule has 0 radical (unpaired) electrons. The molecule has 6 rings (SSSR count). The van der Waals surface area contributed by atoms with Crippen molar-refractivity contribution in [3.63, 3.8) is 0 Å². The van der Waals surface area contributed by atoms with E-state index in [4.69, 9.17) is 16.3 Å². The molecule has 3 atom stereocenters. The highest BCUT2D eigenvalue weighted by Gasteiger charge is 2.37. The van der Waals surface area contributed by atoms with Crippen molar-refractivity contribution in [3.05, 3.63) is 136 Å². The number of halogens is 1. The van der Waals surface area contributed by atoms with Crippen LogP contribution in [0.15, 0.2) is 108 Å². The summed E-state index contributed by atoms with van der Waals surface area (Å²) in [4.78, 5) is 4.68. The van der Waals surface area contributed by atoms with Crippen molar-refractivity contribution in [2.45, 2.75) is 31.9 Å². The summed E-state index contributed by atoms with van der Waals surface area (Å²) in [5.74, 6) is 1.68. The molecule has 2 aliphatic rings. The summed E-state index contributed by atoms with van der Waals surface area (Å²) < 4.78 is 5.88. The molecule has 0 bridgehead atoms. The Morgan fingerprint density at radius 1 is 0.973 bits per heavy atom. The minimum absolute atomic E-state index is 0.287. The number of aliphatic imine (C=N–C) groups is 1. The van der Waals surface area contributed by atoms with Gasteiger partial charge in [0.15, 0.2) is 0 Å². The van der Waals surface area contributed by atoms with Crippen LogP contribution in [0, 0.1) is 12.8 Å². The second-order valence-corrected chi connectivity index (χ2v) is 10.3. The van der Waals surface area contributed by atoms with Crippen LogP contribution < -0.4 is 10.1 Å². The van der Waals surface area contributed by atoms with Gasteiger partial charge in [0.05, 0.1) is 16.8 Å². The van der Waals surface area contributed by atoms with Crippen molar-refractivity contribution in [2.24, 2.45) is 10.9 Å². The second-order valence-electron chi connectivity index (χ2n) is 9.88. The average Bonchev–Trinajstić information content (AvgIpc) is 3.43. The van der Waals surface area contributed by atoms with Crippen molar-refractivity contribution in [3.8, 4) is 5.75 Å². The van der Waals surface area contributed by atoms with Gasteiger partial charge in [0.1, 0.15) is 12.4 Å². The van der Waals surface area contributed by atoms with Crippen molar-refractivity contribution in [1.29, 1.82) is 0 Å². The van der Waals surface area contributed by atoms with Crippen molar-refractivity contribution in [2.75, 3.05) is 5.32 Å². The molecule has 4 aromatic carbocycles. The maximum atomic E-state index is 6.47. The van der Waals surface area contributed by atoms with Gasteiger partial charge in [0, 0.05) is 17.8 Å². The summed E-state index contributed by atoms with van der Waals surface area (Å²) in [6.07, 6.45) is 7.67. The first-order valence-electron chi connectivity index (χ1n) is 12.8. The SMILES string of the molecule is Cc1ccc2c(c1)[C@@H]1C=CC[C@H]1[C@H](c1ccc(N=Cc3ccc(OCc4ccccc4)c(Cl)c3)cc1)N2. The Kier molecular flexibility index (Phi) is 6.55. The highest BCUT2D eigenvalue weighted by Crippen LogP contribution is 2.50. The van der Waals surface area contributed by atoms with Gasteiger partial charge in [-0.3, -0.25) is 4.99 Å². The van der Waals surface area contributed by atoms with E-state index in [0.29, 0.717) is 29.2 Å². The minimum atomic E-state index is 0.287. The van der Waals surface area contributed by atoms with Crippen LogP contribution >= 0.6 is 11.6 Å². The predicted octanol–water partition coefficient (Wildman–Crippen LogP) is 8.80. The van der Waals surface area contributed by atoms with Crippen LogP contribution in [0.2, 0.25) is 5.02 Å². The number of nitrogens with one attached hydrogen (secondary N) is 1. The first-order chi connectivity index (χ1) is 18.1. The van der Waals surface area contributed by atoms with E-state index in [2.05, 4.69) is 71.8 Å². The average molecular weight is 505 g/mol. The lowest BCUT2D eigenvalue weighted by Crippen LogP contribution is -2.29. The van der Waals surface area contributed by atoms with E-state index in [0.717, 1.165) is 23.2 Å². The minimum Gasteiger partial charge on any atom is -0.487 e. The van der Waals surface area contributed by atoms with Crippen LogP contribution in [-0.2, 0) is 6.61 Å². The number of rotatable bonds is 6. The summed E-state index contributed by atoms with van der Waals surface area (Å²) in [7, 11) is 0. The summed E-state index contributed by atoms with van der Waals surface area (Å²) in [6.45, 7) is 2.65. The third-order valence-corrected chi connectivity index (χ3v) is 7.62. The maximum Gasteiger partial charge on any atom is 0.138 e. The van der Waals surface area contributed by atoms with Gasteiger partial charge in [0.2, 0.25) is 0 Å². The molecular weight excluding hydrogens is 476 g/mol. The lowest BCUT2D eigenvalue weighted by molar-refractivity contribution is 0.306. The fraction of sp³-hybridized carbons (Fsp3) is 0.182. The predicted molar refractivity (Wildman–Crippen MR) is 153 cm³/mol. The first-order valence-corrected chi connectivity index (χ1v) is 13.2. The molecule has 0 unspecified atom stereocenters. The maximum absolute atomic E-state index is 6.47. The zero-order valence-electron chi connectivity index (χ0n) is 20.8. The largest absolute Gasteiger partial charge is 0.487 e. The van der Waals surface area contributed by atoms with Gasteiger partial charge in [-0.2, -0.15) is 0 Å². The Balaban J connectivity index is 1.14. The smallest absolute Gasteiger partial charge is 0.138 e. The van der Waals surface area contributed by atoms with E-state index >= 15 is 0 Å². The normalized spacial score (nSPS) is 19.9. The molecule has 184 valence electrons. The lowest BCUT2D eigenvalue weighted by Gasteiger charge is -2.37. The third-order valence-electron chi connectivity index (χ3n) is 7.33. The van der Waals surface area contributed by atoms with E-state index in [-0.39, 0.29) is 6.04 Å². The first kappa shape index (κ1) is 23.6. The van der Waals surface area contributed by atoms with E-state index in [1.165, 1.54) is 22.4 Å². The quantitative estimate of drug-likeness (QED) is 0.210. The number of aryl methyl sites for hydroxylation is 1. The van der Waals surface area contributed by atoms with E-state index < -0.39 is 0 Å². The molecule has 0 saturated carbocycles. The molecule has 4 aromatic rings. The molecule has 37 heavy (non-hydrogen) atoms. The summed E-state index contributed by atoms with van der Waals surface area (Å²) in [5.41, 5.74) is 8.24. The van der Waals surface area contributed by atoms with E-state index in [1.54, 1.807) is 0 Å². The fourth-order valence-corrected chi connectivity index (χ4v) is 5.65. The monoisotopic (exact) mass is 504 g/mol. The zero-order valence-corrected chi connectivity index (χ0v) is 21.5. The van der Waals surface area contributed by atoms with Crippen molar-refractivity contribution in [1.82, 2.24) is 0 Å². The molecule has 0 amide bonds. The highest BCUT2D eigenvalue weighted by atomic mass is 35.5. The van der Waals surface area contributed by atoms with Crippen LogP contribution in [-0.4, -0.2) is 6.21 Å². The van der Waals surface area contributed by atoms with Crippen LogP contribution in [0.4, 0.5) is 11.4 Å². The zero-order chi connectivity index (χ0) is 25.2. The number of nitrogens with zero attached hydrogens (tertiary/aromatic N) is 1. The molecular formula is C33H29ClN2O. The van der Waals surface area contributed by atoms with Crippen molar-refractivity contribution >= 4 is 29.2 Å². The van der Waals surface area contributed by atoms with Crippen LogP contribution in [0.3, 0.4) is 0 Å². The van der Waals surface area contributed by atoms with Gasteiger partial charge in [-0.25, -0.2) is 0 Å². The van der Waals surface area contributed by atoms with Crippen LogP contribution in [0.5, 0.6) is 5.75 Å². The molecule has 0 fully saturated rings. The molecule has 1 aliphatic heterocycles. The van der Waals surface area contributed by atoms with Crippen LogP contribution in [0.1, 0.15) is 46.2 Å². The van der Waals surface area contributed by atoms with E-state index in [9.17, 15) is 0 Å². The third kappa shape index (κ3) is 5.05. The molecule has 0 saturated heterocycles. The van der Waals surface area contributed by atoms with Gasteiger partial charge in [-0.05, 0) is 77.9 Å². The number of benzene rings is 4. The van der Waals surface area contributed by atoms with Gasteiger partial charge in [-0.1, -0.05) is 83.9 Å². The Labute approximate surface area is 223 Å². The standard InChI is InChI=1S/C33H29ClN2O/c1-22-10-16-31-29(18-22)27-8-5-9-28(27)33(36-31)25-12-14-26(15-13-25)35-20-24-11-17-32(30(34)19-24)37-21-23-6-3-2-4-7-23/h2-8,10-20,27-28,33,36H,9,21H2,1H3/t27-,28-,33+/m1/s1. The molecule has 1 aliphatic carbocycles. The number of anilines is 1. The Bertz CT molecular complexity index is 1460.